The minimum atomic E-state index is -0.355. The van der Waals surface area contributed by atoms with Crippen LogP contribution in [0.25, 0.3) is 6.08 Å². The maximum absolute atomic E-state index is 12.7. The van der Waals surface area contributed by atoms with Crippen molar-refractivity contribution in [2.75, 3.05) is 4.90 Å². The number of carbonyl (C=O) groups excluding carboxylic acids is 2. The summed E-state index contributed by atoms with van der Waals surface area (Å²) in [5.41, 5.74) is 2.19. The number of hydrogen-bond donors (Lipinski definition) is 0. The smallest absolute Gasteiger partial charge is 0.298 e. The second-order valence-corrected chi connectivity index (χ2v) is 8.28. The van der Waals surface area contributed by atoms with Gasteiger partial charge < -0.3 is 4.74 Å². The molecular formula is C23H15Cl2NO3S. The van der Waals surface area contributed by atoms with E-state index in [-0.39, 0.29) is 11.1 Å². The lowest BCUT2D eigenvalue weighted by atomic mass is 10.2. The van der Waals surface area contributed by atoms with Crippen LogP contribution in [-0.4, -0.2) is 11.1 Å². The van der Waals surface area contributed by atoms with E-state index in [1.165, 1.54) is 0 Å². The second-order valence-electron chi connectivity index (χ2n) is 6.44. The van der Waals surface area contributed by atoms with Gasteiger partial charge in [0.25, 0.3) is 11.1 Å². The summed E-state index contributed by atoms with van der Waals surface area (Å²) in [5.74, 6) is 0.327. The highest BCUT2D eigenvalue weighted by molar-refractivity contribution is 8.19. The van der Waals surface area contributed by atoms with Gasteiger partial charge in [0.2, 0.25) is 0 Å². The molecule has 1 heterocycles. The molecule has 4 nitrogen and oxygen atoms in total. The second kappa shape index (κ2) is 8.96. The first kappa shape index (κ1) is 20.5. The molecule has 0 spiro atoms. The van der Waals surface area contributed by atoms with Crippen LogP contribution in [0.2, 0.25) is 10.0 Å². The van der Waals surface area contributed by atoms with Crippen LogP contribution in [0.3, 0.4) is 0 Å². The Bertz CT molecular complexity index is 1130. The van der Waals surface area contributed by atoms with Crippen molar-refractivity contribution in [2.24, 2.45) is 0 Å². The van der Waals surface area contributed by atoms with E-state index in [1.54, 1.807) is 30.3 Å². The average molecular weight is 456 g/mol. The molecule has 0 saturated carbocycles. The molecule has 0 aliphatic carbocycles. The normalized spacial score (nSPS) is 15.1. The standard InChI is InChI=1S/C23H15Cl2NO3S/c24-17-7-9-18(10-8-17)26-22(27)21(30-23(26)28)13-15-5-11-19(12-6-15)29-14-16-3-1-2-4-20(16)25/h1-13H,14H2/b21-13+. The van der Waals surface area contributed by atoms with Gasteiger partial charge in [0.15, 0.2) is 0 Å². The lowest BCUT2D eigenvalue weighted by Crippen LogP contribution is -2.27. The van der Waals surface area contributed by atoms with E-state index in [0.29, 0.717) is 33.0 Å². The average Bonchev–Trinajstić information content (AvgIpc) is 3.02. The number of hydrogen-bond acceptors (Lipinski definition) is 4. The monoisotopic (exact) mass is 455 g/mol. The van der Waals surface area contributed by atoms with Gasteiger partial charge in [-0.25, -0.2) is 4.90 Å². The maximum Gasteiger partial charge on any atom is 0.298 e. The summed E-state index contributed by atoms with van der Waals surface area (Å²) >= 11 is 12.9. The summed E-state index contributed by atoms with van der Waals surface area (Å²) in [6.07, 6.45) is 1.69. The van der Waals surface area contributed by atoms with E-state index in [4.69, 9.17) is 27.9 Å². The molecule has 0 atom stereocenters. The van der Waals surface area contributed by atoms with Gasteiger partial charge in [-0.05, 0) is 65.9 Å². The molecule has 30 heavy (non-hydrogen) atoms. The minimum absolute atomic E-state index is 0.340. The fourth-order valence-corrected chi connectivity index (χ4v) is 4.03. The van der Waals surface area contributed by atoms with Crippen molar-refractivity contribution in [2.45, 2.75) is 6.61 Å². The predicted octanol–water partition coefficient (Wildman–Crippen LogP) is 6.81. The van der Waals surface area contributed by atoms with Crippen LogP contribution >= 0.6 is 35.0 Å². The van der Waals surface area contributed by atoms with Gasteiger partial charge in [0.1, 0.15) is 12.4 Å². The lowest BCUT2D eigenvalue weighted by molar-refractivity contribution is -0.113. The van der Waals surface area contributed by atoms with E-state index in [0.717, 1.165) is 27.8 Å². The first-order valence-corrected chi connectivity index (χ1v) is 10.6. The summed E-state index contributed by atoms with van der Waals surface area (Å²) in [4.78, 5) is 26.6. The number of ether oxygens (including phenoxy) is 1. The SMILES string of the molecule is O=C1S/C(=C/c2ccc(OCc3ccccc3Cl)cc2)C(=O)N1c1ccc(Cl)cc1. The molecule has 0 unspecified atom stereocenters. The molecule has 4 rings (SSSR count). The molecule has 0 N–H and O–H groups in total. The van der Waals surface area contributed by atoms with E-state index in [1.807, 2.05) is 48.5 Å². The van der Waals surface area contributed by atoms with Crippen molar-refractivity contribution >= 4 is 57.9 Å². The Morgan fingerprint density at radius 2 is 1.60 bits per heavy atom. The Labute approximate surface area is 188 Å². The zero-order valence-electron chi connectivity index (χ0n) is 15.5. The van der Waals surface area contributed by atoms with Crippen molar-refractivity contribution in [3.8, 4) is 5.75 Å². The molecule has 150 valence electrons. The summed E-state index contributed by atoms with van der Waals surface area (Å²) in [6.45, 7) is 0.360. The Hall–Kier alpha value is -2.73. The number of anilines is 1. The fourth-order valence-electron chi connectivity index (χ4n) is 2.87. The van der Waals surface area contributed by atoms with Crippen molar-refractivity contribution in [1.29, 1.82) is 0 Å². The van der Waals surface area contributed by atoms with Gasteiger partial charge in [-0.2, -0.15) is 0 Å². The zero-order valence-corrected chi connectivity index (χ0v) is 17.9. The molecule has 3 aromatic rings. The first-order chi connectivity index (χ1) is 14.5. The van der Waals surface area contributed by atoms with Crippen molar-refractivity contribution in [3.63, 3.8) is 0 Å². The number of rotatable bonds is 5. The highest BCUT2D eigenvalue weighted by Crippen LogP contribution is 2.36. The van der Waals surface area contributed by atoms with Gasteiger partial charge >= 0.3 is 0 Å². The van der Waals surface area contributed by atoms with Gasteiger partial charge in [-0.15, -0.1) is 0 Å². The topological polar surface area (TPSA) is 46.6 Å². The van der Waals surface area contributed by atoms with Crippen LogP contribution in [-0.2, 0) is 11.4 Å². The summed E-state index contributed by atoms with van der Waals surface area (Å²) in [6, 6.07) is 21.4. The third kappa shape index (κ3) is 4.54. The molecule has 1 aliphatic rings. The number of benzene rings is 3. The summed E-state index contributed by atoms with van der Waals surface area (Å²) < 4.78 is 5.77. The molecule has 1 aliphatic heterocycles. The Balaban J connectivity index is 1.46. The Morgan fingerprint density at radius 1 is 0.900 bits per heavy atom. The minimum Gasteiger partial charge on any atom is -0.489 e. The molecule has 0 bridgehead atoms. The highest BCUT2D eigenvalue weighted by Gasteiger charge is 2.36. The molecule has 0 aromatic heterocycles. The number of carbonyl (C=O) groups is 2. The van der Waals surface area contributed by atoms with Gasteiger partial charge in [-0.1, -0.05) is 53.5 Å². The fraction of sp³-hybridized carbons (Fsp3) is 0.0435. The highest BCUT2D eigenvalue weighted by atomic mass is 35.5. The van der Waals surface area contributed by atoms with Gasteiger partial charge in [-0.3, -0.25) is 9.59 Å². The summed E-state index contributed by atoms with van der Waals surface area (Å²) in [5, 5.41) is 0.858. The van der Waals surface area contributed by atoms with Crippen LogP contribution in [0.15, 0.2) is 77.7 Å². The Morgan fingerprint density at radius 3 is 2.30 bits per heavy atom. The molecule has 0 radical (unpaired) electrons. The van der Waals surface area contributed by atoms with Gasteiger partial charge in [0.05, 0.1) is 10.6 Å². The zero-order chi connectivity index (χ0) is 21.1. The molecule has 7 heteroatoms. The molecule has 1 saturated heterocycles. The number of imide groups is 1. The predicted molar refractivity (Wildman–Crippen MR) is 122 cm³/mol. The van der Waals surface area contributed by atoms with E-state index < -0.39 is 0 Å². The number of thioether (sulfide) groups is 1. The number of halogens is 2. The van der Waals surface area contributed by atoms with Crippen molar-refractivity contribution in [3.05, 3.63) is 98.9 Å². The van der Waals surface area contributed by atoms with Crippen LogP contribution in [0, 0.1) is 0 Å². The van der Waals surface area contributed by atoms with Crippen LogP contribution in [0.5, 0.6) is 5.75 Å². The lowest BCUT2D eigenvalue weighted by Gasteiger charge is -2.12. The third-order valence-corrected chi connectivity index (χ3v) is 5.90. The van der Waals surface area contributed by atoms with Crippen molar-refractivity contribution in [1.82, 2.24) is 0 Å². The molecular weight excluding hydrogens is 441 g/mol. The van der Waals surface area contributed by atoms with E-state index >= 15 is 0 Å². The van der Waals surface area contributed by atoms with Gasteiger partial charge in [0, 0.05) is 15.6 Å². The number of amides is 2. The van der Waals surface area contributed by atoms with Crippen LogP contribution < -0.4 is 9.64 Å². The van der Waals surface area contributed by atoms with Crippen LogP contribution in [0.1, 0.15) is 11.1 Å². The number of nitrogens with zero attached hydrogens (tertiary/aromatic N) is 1. The quantitative estimate of drug-likeness (QED) is 0.396. The van der Waals surface area contributed by atoms with Crippen LogP contribution in [0.4, 0.5) is 10.5 Å². The molecule has 2 amide bonds. The summed E-state index contributed by atoms with van der Waals surface area (Å²) in [7, 11) is 0. The van der Waals surface area contributed by atoms with E-state index in [9.17, 15) is 9.59 Å². The maximum atomic E-state index is 12.7. The molecule has 1 fully saturated rings. The largest absolute Gasteiger partial charge is 0.489 e. The molecule has 3 aromatic carbocycles. The van der Waals surface area contributed by atoms with Crippen molar-refractivity contribution < 1.29 is 14.3 Å². The third-order valence-electron chi connectivity index (χ3n) is 4.41. The van der Waals surface area contributed by atoms with E-state index in [2.05, 4.69) is 0 Å². The first-order valence-electron chi connectivity index (χ1n) is 9.01. The Kier molecular flexibility index (Phi) is 6.13.